The first-order valence-electron chi connectivity index (χ1n) is 10.2. The molecule has 0 bridgehead atoms. The van der Waals surface area contributed by atoms with Crippen LogP contribution in [0.15, 0.2) is 42.5 Å². The third kappa shape index (κ3) is 13.4. The van der Waals surface area contributed by atoms with Gasteiger partial charge in [-0.2, -0.15) is 0 Å². The normalized spacial score (nSPS) is 11.1. The van der Waals surface area contributed by atoms with E-state index in [2.05, 4.69) is 19.1 Å². The van der Waals surface area contributed by atoms with Crippen molar-refractivity contribution >= 4 is 5.97 Å². The molecule has 0 saturated carbocycles. The predicted molar refractivity (Wildman–Crippen MR) is 107 cm³/mol. The molecule has 2 nitrogen and oxygen atoms in total. The van der Waals surface area contributed by atoms with Crippen LogP contribution >= 0.6 is 0 Å². The van der Waals surface area contributed by atoms with Crippen LogP contribution in [0.25, 0.3) is 0 Å². The van der Waals surface area contributed by atoms with Gasteiger partial charge in [0.05, 0.1) is 0 Å². The van der Waals surface area contributed by atoms with Gasteiger partial charge < -0.3 is 4.74 Å². The Balaban J connectivity index is 1.86. The molecule has 1 aromatic carbocycles. The second-order valence-corrected chi connectivity index (χ2v) is 6.77. The van der Waals surface area contributed by atoms with Gasteiger partial charge in [-0.25, -0.2) is 0 Å². The molecular formula is C23H36O2. The van der Waals surface area contributed by atoms with E-state index >= 15 is 0 Å². The Morgan fingerprint density at radius 2 is 1.36 bits per heavy atom. The maximum absolute atomic E-state index is 11.7. The lowest BCUT2D eigenvalue weighted by atomic mass is 10.1. The lowest BCUT2D eigenvalue weighted by molar-refractivity contribution is -0.134. The van der Waals surface area contributed by atoms with Crippen molar-refractivity contribution in [3.63, 3.8) is 0 Å². The molecule has 0 amide bonds. The van der Waals surface area contributed by atoms with Crippen LogP contribution < -0.4 is 4.74 Å². The largest absolute Gasteiger partial charge is 0.427 e. The van der Waals surface area contributed by atoms with Crippen molar-refractivity contribution in [1.82, 2.24) is 0 Å². The molecule has 0 aromatic heterocycles. The fraction of sp³-hybridized carbons (Fsp3) is 0.609. The summed E-state index contributed by atoms with van der Waals surface area (Å²) in [7, 11) is 0. The molecule has 0 aliphatic carbocycles. The molecule has 0 unspecified atom stereocenters. The zero-order chi connectivity index (χ0) is 18.0. The fourth-order valence-electron chi connectivity index (χ4n) is 2.86. The van der Waals surface area contributed by atoms with Gasteiger partial charge in [0.1, 0.15) is 5.75 Å². The second-order valence-electron chi connectivity index (χ2n) is 6.77. The number of unbranched alkanes of at least 4 members (excludes halogenated alkanes) is 10. The second kappa shape index (κ2) is 15.9. The van der Waals surface area contributed by atoms with Crippen LogP contribution in [0.2, 0.25) is 0 Å². The Bertz CT molecular complexity index is 450. The summed E-state index contributed by atoms with van der Waals surface area (Å²) >= 11 is 0. The molecule has 0 aliphatic rings. The average Bonchev–Trinajstić information content (AvgIpc) is 2.63. The van der Waals surface area contributed by atoms with E-state index in [4.69, 9.17) is 4.74 Å². The predicted octanol–water partition coefficient (Wildman–Crippen LogP) is 7.24. The number of allylic oxidation sites excluding steroid dienone is 2. The van der Waals surface area contributed by atoms with Crippen molar-refractivity contribution in [3.05, 3.63) is 42.5 Å². The zero-order valence-electron chi connectivity index (χ0n) is 16.1. The summed E-state index contributed by atoms with van der Waals surface area (Å²) in [4.78, 5) is 11.7. The minimum absolute atomic E-state index is 0.158. The number of hydrogen-bond acceptors (Lipinski definition) is 2. The van der Waals surface area contributed by atoms with Crippen LogP contribution in [0, 0.1) is 0 Å². The summed E-state index contributed by atoms with van der Waals surface area (Å²) in [5.41, 5.74) is 0. The highest BCUT2D eigenvalue weighted by Crippen LogP contribution is 2.12. The number of hydrogen-bond donors (Lipinski definition) is 0. The van der Waals surface area contributed by atoms with E-state index in [0.29, 0.717) is 12.2 Å². The van der Waals surface area contributed by atoms with Gasteiger partial charge in [-0.1, -0.05) is 95.1 Å². The van der Waals surface area contributed by atoms with Crippen molar-refractivity contribution in [3.8, 4) is 5.75 Å². The molecule has 0 atom stereocenters. The molecule has 0 spiro atoms. The van der Waals surface area contributed by atoms with Crippen molar-refractivity contribution in [2.75, 3.05) is 0 Å². The first-order chi connectivity index (χ1) is 12.3. The molecule has 0 N–H and O–H groups in total. The van der Waals surface area contributed by atoms with Crippen molar-refractivity contribution in [1.29, 1.82) is 0 Å². The molecular weight excluding hydrogens is 308 g/mol. The Labute approximate surface area is 154 Å². The highest BCUT2D eigenvalue weighted by molar-refractivity contribution is 5.72. The minimum Gasteiger partial charge on any atom is -0.427 e. The van der Waals surface area contributed by atoms with Crippen LogP contribution in [0.5, 0.6) is 5.75 Å². The summed E-state index contributed by atoms with van der Waals surface area (Å²) in [6, 6.07) is 9.26. The van der Waals surface area contributed by atoms with Crippen molar-refractivity contribution < 1.29 is 9.53 Å². The summed E-state index contributed by atoms with van der Waals surface area (Å²) in [6.45, 7) is 2.27. The lowest BCUT2D eigenvalue weighted by Gasteiger charge is -2.02. The number of ether oxygens (including phenoxy) is 1. The van der Waals surface area contributed by atoms with Gasteiger partial charge in [0.25, 0.3) is 0 Å². The molecule has 0 aliphatic heterocycles. The van der Waals surface area contributed by atoms with Gasteiger partial charge in [-0.15, -0.1) is 0 Å². The quantitative estimate of drug-likeness (QED) is 0.145. The number of benzene rings is 1. The number of carbonyl (C=O) groups is 1. The molecule has 1 rings (SSSR count). The van der Waals surface area contributed by atoms with Crippen LogP contribution in [-0.4, -0.2) is 5.97 Å². The van der Waals surface area contributed by atoms with Gasteiger partial charge >= 0.3 is 5.97 Å². The fourth-order valence-corrected chi connectivity index (χ4v) is 2.86. The van der Waals surface area contributed by atoms with Gasteiger partial charge in [-0.05, 0) is 31.4 Å². The summed E-state index contributed by atoms with van der Waals surface area (Å²) in [5, 5.41) is 0. The molecule has 0 saturated heterocycles. The highest BCUT2D eigenvalue weighted by atomic mass is 16.5. The highest BCUT2D eigenvalue weighted by Gasteiger charge is 2.02. The molecule has 2 heteroatoms. The smallest absolute Gasteiger partial charge is 0.311 e. The molecule has 0 heterocycles. The standard InChI is InChI=1S/C23H36O2/c1-2-3-4-5-6-7-8-9-10-11-12-13-14-18-21-23(24)25-22-19-16-15-17-20-22/h13-17,19-20H,2-12,18,21H2,1H3/b14-13+. The first kappa shape index (κ1) is 21.5. The molecule has 0 fully saturated rings. The number of esters is 1. The van der Waals surface area contributed by atoms with E-state index in [0.717, 1.165) is 12.8 Å². The SMILES string of the molecule is CCCCCCCCCCCC/C=C/CCC(=O)Oc1ccccc1. The van der Waals surface area contributed by atoms with Crippen LogP contribution in [0.4, 0.5) is 0 Å². The molecule has 140 valence electrons. The molecule has 0 radical (unpaired) electrons. The van der Waals surface area contributed by atoms with E-state index in [1.807, 2.05) is 18.2 Å². The number of para-hydroxylation sites is 1. The van der Waals surface area contributed by atoms with Gasteiger partial charge in [-0.3, -0.25) is 4.79 Å². The third-order valence-corrected chi connectivity index (χ3v) is 4.38. The van der Waals surface area contributed by atoms with E-state index in [1.165, 1.54) is 64.2 Å². The van der Waals surface area contributed by atoms with E-state index in [1.54, 1.807) is 12.1 Å². The summed E-state index contributed by atoms with van der Waals surface area (Å²) in [5.74, 6) is 0.469. The van der Waals surface area contributed by atoms with E-state index in [-0.39, 0.29) is 5.97 Å². The Hall–Kier alpha value is -1.57. The Morgan fingerprint density at radius 1 is 0.800 bits per heavy atom. The van der Waals surface area contributed by atoms with Crippen molar-refractivity contribution in [2.24, 2.45) is 0 Å². The minimum atomic E-state index is -0.158. The van der Waals surface area contributed by atoms with Crippen LogP contribution in [0.1, 0.15) is 90.4 Å². The topological polar surface area (TPSA) is 26.3 Å². The lowest BCUT2D eigenvalue weighted by Crippen LogP contribution is -2.06. The number of rotatable bonds is 15. The first-order valence-corrected chi connectivity index (χ1v) is 10.2. The summed E-state index contributed by atoms with van der Waals surface area (Å²) < 4.78 is 5.25. The zero-order valence-corrected chi connectivity index (χ0v) is 16.1. The maximum Gasteiger partial charge on any atom is 0.311 e. The monoisotopic (exact) mass is 344 g/mol. The van der Waals surface area contributed by atoms with Crippen LogP contribution in [0.3, 0.4) is 0 Å². The Kier molecular flexibility index (Phi) is 13.7. The molecule has 1 aromatic rings. The number of carbonyl (C=O) groups excluding carboxylic acids is 1. The average molecular weight is 345 g/mol. The van der Waals surface area contributed by atoms with Crippen LogP contribution in [-0.2, 0) is 4.79 Å². The van der Waals surface area contributed by atoms with E-state index < -0.39 is 0 Å². The van der Waals surface area contributed by atoms with Gasteiger partial charge in [0.15, 0.2) is 0 Å². The Morgan fingerprint density at radius 3 is 2.00 bits per heavy atom. The third-order valence-electron chi connectivity index (χ3n) is 4.38. The summed E-state index contributed by atoms with van der Waals surface area (Å²) in [6.07, 6.45) is 20.4. The maximum atomic E-state index is 11.7. The van der Waals surface area contributed by atoms with E-state index in [9.17, 15) is 4.79 Å². The van der Waals surface area contributed by atoms with Gasteiger partial charge in [0, 0.05) is 6.42 Å². The van der Waals surface area contributed by atoms with Crippen molar-refractivity contribution in [2.45, 2.75) is 90.4 Å². The molecule has 25 heavy (non-hydrogen) atoms. The van der Waals surface area contributed by atoms with Gasteiger partial charge in [0.2, 0.25) is 0 Å².